The lowest BCUT2D eigenvalue weighted by Gasteiger charge is -2.39. The summed E-state index contributed by atoms with van der Waals surface area (Å²) >= 11 is 0. The zero-order chi connectivity index (χ0) is 13.9. The third kappa shape index (κ3) is 2.48. The smallest absolute Gasteiger partial charge is 0.314 e. The summed E-state index contributed by atoms with van der Waals surface area (Å²) in [6, 6.07) is 9.35. The molecule has 1 aromatic carbocycles. The minimum atomic E-state index is -0.841. The molecule has 0 saturated carbocycles. The molecule has 0 aromatic heterocycles. The zero-order valence-electron chi connectivity index (χ0n) is 11.1. The first-order chi connectivity index (χ1) is 9.10. The van der Waals surface area contributed by atoms with E-state index in [1.54, 1.807) is 4.90 Å². The number of nitrogens with zero attached hydrogens (tertiary/aromatic N) is 1. The summed E-state index contributed by atoms with van der Waals surface area (Å²) in [4.78, 5) is 25.2. The van der Waals surface area contributed by atoms with E-state index in [2.05, 4.69) is 0 Å². The van der Waals surface area contributed by atoms with Gasteiger partial charge in [0.1, 0.15) is 0 Å². The van der Waals surface area contributed by atoms with Crippen LogP contribution in [0.25, 0.3) is 0 Å². The molecule has 1 aliphatic rings. The molecule has 1 saturated heterocycles. The molecule has 1 aromatic rings. The van der Waals surface area contributed by atoms with Crippen LogP contribution in [0.3, 0.4) is 0 Å². The Morgan fingerprint density at radius 1 is 1.21 bits per heavy atom. The summed E-state index contributed by atoms with van der Waals surface area (Å²) in [6.45, 7) is 2.88. The van der Waals surface area contributed by atoms with Gasteiger partial charge < -0.3 is 10.0 Å². The molecule has 0 atom stereocenters. The van der Waals surface area contributed by atoms with Crippen molar-refractivity contribution in [1.82, 2.24) is 4.90 Å². The van der Waals surface area contributed by atoms with Crippen molar-refractivity contribution in [3.8, 4) is 0 Å². The van der Waals surface area contributed by atoms with Crippen LogP contribution in [0.1, 0.15) is 31.7 Å². The van der Waals surface area contributed by atoms with Gasteiger partial charge in [0.25, 0.3) is 0 Å². The SMILES string of the molecule is CCC(=O)N1CCC(C(=O)O)(c2ccccc2)CC1. The average Bonchev–Trinajstić information content (AvgIpc) is 2.47. The van der Waals surface area contributed by atoms with Crippen molar-refractivity contribution < 1.29 is 14.7 Å². The molecule has 4 nitrogen and oxygen atoms in total. The van der Waals surface area contributed by atoms with Crippen molar-refractivity contribution in [3.05, 3.63) is 35.9 Å². The van der Waals surface area contributed by atoms with Crippen molar-refractivity contribution >= 4 is 11.9 Å². The molecule has 1 N–H and O–H groups in total. The summed E-state index contributed by atoms with van der Waals surface area (Å²) in [5, 5.41) is 9.62. The van der Waals surface area contributed by atoms with Crippen LogP contribution in [0.2, 0.25) is 0 Å². The normalized spacial score (nSPS) is 18.1. The number of rotatable bonds is 3. The van der Waals surface area contributed by atoms with Crippen LogP contribution in [0.15, 0.2) is 30.3 Å². The van der Waals surface area contributed by atoms with Crippen molar-refractivity contribution in [2.24, 2.45) is 0 Å². The number of likely N-dealkylation sites (tertiary alicyclic amines) is 1. The fourth-order valence-corrected chi connectivity index (χ4v) is 2.74. The number of carbonyl (C=O) groups excluding carboxylic acids is 1. The van der Waals surface area contributed by atoms with Crippen LogP contribution in [0, 0.1) is 0 Å². The second-order valence-electron chi connectivity index (χ2n) is 4.99. The van der Waals surface area contributed by atoms with Gasteiger partial charge in [0.05, 0.1) is 5.41 Å². The average molecular weight is 261 g/mol. The maximum atomic E-state index is 11.7. The van der Waals surface area contributed by atoms with Crippen LogP contribution >= 0.6 is 0 Å². The van der Waals surface area contributed by atoms with Gasteiger partial charge in [0, 0.05) is 19.5 Å². The number of piperidine rings is 1. The van der Waals surface area contributed by atoms with Gasteiger partial charge in [-0.15, -0.1) is 0 Å². The topological polar surface area (TPSA) is 57.6 Å². The Labute approximate surface area is 113 Å². The van der Waals surface area contributed by atoms with E-state index in [0.717, 1.165) is 5.56 Å². The van der Waals surface area contributed by atoms with Gasteiger partial charge in [-0.1, -0.05) is 37.3 Å². The molecule has 0 unspecified atom stereocenters. The first-order valence-electron chi connectivity index (χ1n) is 6.67. The summed E-state index contributed by atoms with van der Waals surface area (Å²) in [7, 11) is 0. The molecule has 1 amide bonds. The monoisotopic (exact) mass is 261 g/mol. The zero-order valence-corrected chi connectivity index (χ0v) is 11.1. The Balaban J connectivity index is 2.22. The predicted octanol–water partition coefficient (Wildman–Crippen LogP) is 2.04. The minimum absolute atomic E-state index is 0.104. The van der Waals surface area contributed by atoms with Crippen molar-refractivity contribution in [2.75, 3.05) is 13.1 Å². The van der Waals surface area contributed by atoms with Gasteiger partial charge >= 0.3 is 5.97 Å². The van der Waals surface area contributed by atoms with E-state index >= 15 is 0 Å². The number of carboxylic acids is 1. The maximum absolute atomic E-state index is 11.7. The van der Waals surface area contributed by atoms with Crippen molar-refractivity contribution in [1.29, 1.82) is 0 Å². The lowest BCUT2D eigenvalue weighted by molar-refractivity contribution is -0.148. The maximum Gasteiger partial charge on any atom is 0.314 e. The van der Waals surface area contributed by atoms with Gasteiger partial charge in [0.2, 0.25) is 5.91 Å². The molecular formula is C15H19NO3. The fraction of sp³-hybridized carbons (Fsp3) is 0.467. The summed E-state index contributed by atoms with van der Waals surface area (Å²) < 4.78 is 0. The van der Waals surface area contributed by atoms with E-state index < -0.39 is 11.4 Å². The standard InChI is InChI=1S/C15H19NO3/c1-2-13(17)16-10-8-15(9-11-16,14(18)19)12-6-4-3-5-7-12/h3-7H,2,8-11H2,1H3,(H,18,19). The number of hydrogen-bond acceptors (Lipinski definition) is 2. The fourth-order valence-electron chi connectivity index (χ4n) is 2.74. The molecular weight excluding hydrogens is 242 g/mol. The van der Waals surface area contributed by atoms with Crippen LogP contribution < -0.4 is 0 Å². The largest absolute Gasteiger partial charge is 0.481 e. The Kier molecular flexibility index (Phi) is 3.88. The number of amides is 1. The van der Waals surface area contributed by atoms with Crippen LogP contribution in [0.5, 0.6) is 0 Å². The second-order valence-corrected chi connectivity index (χ2v) is 4.99. The van der Waals surface area contributed by atoms with E-state index in [1.165, 1.54) is 0 Å². The highest BCUT2D eigenvalue weighted by molar-refractivity contribution is 5.82. The van der Waals surface area contributed by atoms with E-state index in [1.807, 2.05) is 37.3 Å². The first-order valence-corrected chi connectivity index (χ1v) is 6.67. The van der Waals surface area contributed by atoms with E-state index in [-0.39, 0.29) is 5.91 Å². The van der Waals surface area contributed by atoms with Gasteiger partial charge in [-0.3, -0.25) is 9.59 Å². The lowest BCUT2D eigenvalue weighted by atomic mass is 9.73. The Morgan fingerprint density at radius 2 is 1.79 bits per heavy atom. The summed E-state index contributed by atoms with van der Waals surface area (Å²) in [5.74, 6) is -0.686. The quantitative estimate of drug-likeness (QED) is 0.905. The first kappa shape index (κ1) is 13.6. The van der Waals surface area contributed by atoms with Crippen molar-refractivity contribution in [2.45, 2.75) is 31.6 Å². The van der Waals surface area contributed by atoms with E-state index in [0.29, 0.717) is 32.4 Å². The number of hydrogen-bond donors (Lipinski definition) is 1. The number of carboxylic acid groups (broad SMARTS) is 1. The third-order valence-electron chi connectivity index (χ3n) is 4.01. The van der Waals surface area contributed by atoms with Gasteiger partial charge in [0.15, 0.2) is 0 Å². The van der Waals surface area contributed by atoms with Crippen LogP contribution in [-0.2, 0) is 15.0 Å². The molecule has 19 heavy (non-hydrogen) atoms. The Morgan fingerprint density at radius 3 is 2.26 bits per heavy atom. The Hall–Kier alpha value is -1.84. The summed E-state index contributed by atoms with van der Waals surface area (Å²) in [5.41, 5.74) is -0.00251. The number of benzene rings is 1. The molecule has 4 heteroatoms. The van der Waals surface area contributed by atoms with Crippen LogP contribution in [0.4, 0.5) is 0 Å². The van der Waals surface area contributed by atoms with Gasteiger partial charge in [-0.25, -0.2) is 0 Å². The van der Waals surface area contributed by atoms with E-state index in [9.17, 15) is 14.7 Å². The van der Waals surface area contributed by atoms with Gasteiger partial charge in [-0.05, 0) is 18.4 Å². The highest BCUT2D eigenvalue weighted by atomic mass is 16.4. The molecule has 1 heterocycles. The van der Waals surface area contributed by atoms with Gasteiger partial charge in [-0.2, -0.15) is 0 Å². The summed E-state index contributed by atoms with van der Waals surface area (Å²) in [6.07, 6.45) is 1.45. The van der Waals surface area contributed by atoms with Crippen LogP contribution in [-0.4, -0.2) is 35.0 Å². The highest BCUT2D eigenvalue weighted by Crippen LogP contribution is 2.35. The Bertz CT molecular complexity index is 462. The number of carbonyl (C=O) groups is 2. The highest BCUT2D eigenvalue weighted by Gasteiger charge is 2.43. The lowest BCUT2D eigenvalue weighted by Crippen LogP contribution is -2.48. The molecule has 0 radical (unpaired) electrons. The molecule has 102 valence electrons. The predicted molar refractivity (Wildman–Crippen MR) is 71.9 cm³/mol. The molecule has 1 fully saturated rings. The molecule has 0 aliphatic carbocycles. The van der Waals surface area contributed by atoms with Crippen molar-refractivity contribution in [3.63, 3.8) is 0 Å². The van der Waals surface area contributed by atoms with E-state index in [4.69, 9.17) is 0 Å². The third-order valence-corrected chi connectivity index (χ3v) is 4.01. The molecule has 2 rings (SSSR count). The second kappa shape index (κ2) is 5.43. The number of aliphatic carboxylic acids is 1. The molecule has 0 bridgehead atoms. The minimum Gasteiger partial charge on any atom is -0.481 e. The molecule has 1 aliphatic heterocycles. The molecule has 0 spiro atoms.